The summed E-state index contributed by atoms with van der Waals surface area (Å²) in [6.45, 7) is 20.7. The average Bonchev–Trinajstić information content (AvgIpc) is 3.37. The predicted molar refractivity (Wildman–Crippen MR) is 162 cm³/mol. The summed E-state index contributed by atoms with van der Waals surface area (Å²) in [5, 5.41) is 3.08. The first-order valence-corrected chi connectivity index (χ1v) is 15.5. The van der Waals surface area contributed by atoms with Crippen LogP contribution in [0.25, 0.3) is 0 Å². The Morgan fingerprint density at radius 3 is 2.05 bits per heavy atom. The van der Waals surface area contributed by atoms with Gasteiger partial charge in [0, 0.05) is 25.2 Å². The molecule has 234 valence electrons. The van der Waals surface area contributed by atoms with Crippen molar-refractivity contribution in [3.05, 3.63) is 11.6 Å². The van der Waals surface area contributed by atoms with Gasteiger partial charge in [0.25, 0.3) is 0 Å². The van der Waals surface area contributed by atoms with E-state index < -0.39 is 17.7 Å². The van der Waals surface area contributed by atoms with Gasteiger partial charge in [0.05, 0.1) is 12.1 Å². The second-order valence-electron chi connectivity index (χ2n) is 13.8. The Morgan fingerprint density at radius 2 is 1.51 bits per heavy atom. The van der Waals surface area contributed by atoms with Crippen LogP contribution in [0.1, 0.15) is 101 Å². The Bertz CT molecular complexity index is 968. The highest BCUT2D eigenvalue weighted by molar-refractivity contribution is 5.96. The van der Waals surface area contributed by atoms with Crippen molar-refractivity contribution >= 4 is 23.7 Å². The summed E-state index contributed by atoms with van der Waals surface area (Å²) in [6, 6.07) is -1.63. The molecule has 2 aliphatic rings. The lowest BCUT2D eigenvalue weighted by Gasteiger charge is -2.39. The van der Waals surface area contributed by atoms with Crippen LogP contribution in [0.5, 0.6) is 0 Å². The SMILES string of the molecule is C/C(=C\[C@H](C(C)C)N(C)C(=O)C(NC(=O)C1CCCCN1C(C)C)C(C)C)C(=O)N1CCC[C@H]1C(=O)OC(C)(C)C. The second kappa shape index (κ2) is 14.7. The number of hydrogen-bond acceptors (Lipinski definition) is 6. The fraction of sp³-hybridized carbons (Fsp3) is 0.812. The fourth-order valence-corrected chi connectivity index (χ4v) is 5.91. The lowest BCUT2D eigenvalue weighted by atomic mass is 9.95. The minimum atomic E-state index is -0.677. The zero-order valence-electron chi connectivity index (χ0n) is 27.5. The average molecular weight is 577 g/mol. The number of amides is 3. The van der Waals surface area contributed by atoms with Gasteiger partial charge < -0.3 is 19.9 Å². The molecule has 0 aliphatic carbocycles. The lowest BCUT2D eigenvalue weighted by molar-refractivity contribution is -0.162. The number of ether oxygens (including phenoxy) is 1. The Hall–Kier alpha value is -2.42. The predicted octanol–water partition coefficient (Wildman–Crippen LogP) is 4.15. The van der Waals surface area contributed by atoms with E-state index in [1.165, 1.54) is 0 Å². The molecule has 2 rings (SSSR count). The van der Waals surface area contributed by atoms with Gasteiger partial charge in [-0.25, -0.2) is 4.79 Å². The molecule has 0 aromatic heterocycles. The van der Waals surface area contributed by atoms with Crippen molar-refractivity contribution in [1.82, 2.24) is 20.0 Å². The van der Waals surface area contributed by atoms with Gasteiger partial charge in [0.2, 0.25) is 17.7 Å². The number of rotatable bonds is 10. The number of hydrogen-bond donors (Lipinski definition) is 1. The van der Waals surface area contributed by atoms with Gasteiger partial charge in [-0.2, -0.15) is 0 Å². The van der Waals surface area contributed by atoms with Crippen LogP contribution in [0.3, 0.4) is 0 Å². The van der Waals surface area contributed by atoms with Gasteiger partial charge in [-0.1, -0.05) is 40.2 Å². The maximum atomic E-state index is 13.9. The van der Waals surface area contributed by atoms with Crippen LogP contribution in [0.15, 0.2) is 11.6 Å². The van der Waals surface area contributed by atoms with Crippen LogP contribution in [0.4, 0.5) is 0 Å². The Kier molecular flexibility index (Phi) is 12.4. The normalized spacial score (nSPS) is 22.2. The van der Waals surface area contributed by atoms with Crippen LogP contribution < -0.4 is 5.32 Å². The fourth-order valence-electron chi connectivity index (χ4n) is 5.91. The summed E-state index contributed by atoms with van der Waals surface area (Å²) in [6.07, 6.45) is 6.01. The van der Waals surface area contributed by atoms with Crippen LogP contribution >= 0.6 is 0 Å². The molecule has 41 heavy (non-hydrogen) atoms. The first kappa shape index (κ1) is 34.8. The maximum absolute atomic E-state index is 13.9. The molecule has 0 aromatic rings. The van der Waals surface area contributed by atoms with Crippen LogP contribution in [-0.2, 0) is 23.9 Å². The molecule has 2 saturated heterocycles. The highest BCUT2D eigenvalue weighted by atomic mass is 16.6. The van der Waals surface area contributed by atoms with Gasteiger partial charge in [0.1, 0.15) is 17.7 Å². The highest BCUT2D eigenvalue weighted by Gasteiger charge is 2.39. The van der Waals surface area contributed by atoms with E-state index in [1.54, 1.807) is 23.8 Å². The van der Waals surface area contributed by atoms with E-state index in [4.69, 9.17) is 4.74 Å². The number of esters is 1. The largest absolute Gasteiger partial charge is 0.458 e. The Balaban J connectivity index is 2.22. The number of likely N-dealkylation sites (N-methyl/N-ethyl adjacent to an activating group) is 1. The summed E-state index contributed by atoms with van der Waals surface area (Å²) in [5.74, 6) is -0.959. The Labute approximate surface area is 248 Å². The molecule has 1 N–H and O–H groups in total. The molecule has 2 fully saturated rings. The molecule has 0 radical (unpaired) electrons. The van der Waals surface area contributed by atoms with Gasteiger partial charge in [-0.15, -0.1) is 0 Å². The van der Waals surface area contributed by atoms with Crippen molar-refractivity contribution in [2.75, 3.05) is 20.1 Å². The number of carbonyl (C=O) groups excluding carboxylic acids is 4. The van der Waals surface area contributed by atoms with E-state index in [9.17, 15) is 19.2 Å². The summed E-state index contributed by atoms with van der Waals surface area (Å²) in [7, 11) is 1.74. The molecule has 9 nitrogen and oxygen atoms in total. The van der Waals surface area contributed by atoms with E-state index in [0.29, 0.717) is 18.5 Å². The standard InChI is InChI=1S/C32H56N4O5/c1-20(2)26(19-23(7)29(38)36-18-14-16-25(36)31(40)41-32(8,9)10)34(11)30(39)27(21(3)4)33-28(37)24-15-12-13-17-35(24)22(5)6/h19-22,24-27H,12-18H2,1-11H3,(H,33,37)/b23-19+/t24?,25-,26+,27?/m0/s1. The van der Waals surface area contributed by atoms with E-state index in [0.717, 1.165) is 32.2 Å². The van der Waals surface area contributed by atoms with Gasteiger partial charge in [-0.3, -0.25) is 19.3 Å². The minimum Gasteiger partial charge on any atom is -0.458 e. The minimum absolute atomic E-state index is 0.0187. The number of nitrogens with zero attached hydrogens (tertiary/aromatic N) is 3. The van der Waals surface area contributed by atoms with Crippen molar-refractivity contribution in [2.45, 2.75) is 137 Å². The number of carbonyl (C=O) groups is 4. The summed E-state index contributed by atoms with van der Waals surface area (Å²) in [5.41, 5.74) is -0.143. The molecule has 4 atom stereocenters. The molecule has 9 heteroatoms. The van der Waals surface area contributed by atoms with Crippen molar-refractivity contribution in [3.63, 3.8) is 0 Å². The van der Waals surface area contributed by atoms with Crippen molar-refractivity contribution in [2.24, 2.45) is 11.8 Å². The summed E-state index contributed by atoms with van der Waals surface area (Å²) in [4.78, 5) is 59.1. The highest BCUT2D eigenvalue weighted by Crippen LogP contribution is 2.25. The smallest absolute Gasteiger partial charge is 0.329 e. The van der Waals surface area contributed by atoms with Crippen LogP contribution in [-0.4, -0.2) is 94.3 Å². The molecule has 2 aliphatic heterocycles. The second-order valence-corrected chi connectivity index (χ2v) is 13.8. The quantitative estimate of drug-likeness (QED) is 0.310. The van der Waals surface area contributed by atoms with E-state index >= 15 is 0 Å². The Morgan fingerprint density at radius 1 is 0.902 bits per heavy atom. The third-order valence-corrected chi connectivity index (χ3v) is 8.17. The van der Waals surface area contributed by atoms with E-state index in [2.05, 4.69) is 24.1 Å². The number of likely N-dealkylation sites (tertiary alicyclic amines) is 2. The number of piperidine rings is 1. The zero-order valence-corrected chi connectivity index (χ0v) is 27.5. The van der Waals surface area contributed by atoms with Crippen LogP contribution in [0.2, 0.25) is 0 Å². The van der Waals surface area contributed by atoms with E-state index in [1.807, 2.05) is 54.5 Å². The molecule has 0 saturated carbocycles. The summed E-state index contributed by atoms with van der Waals surface area (Å²) < 4.78 is 5.57. The third kappa shape index (κ3) is 9.29. The number of nitrogens with one attached hydrogen (secondary N) is 1. The molecule has 0 bridgehead atoms. The zero-order chi connectivity index (χ0) is 31.2. The first-order chi connectivity index (χ1) is 19.0. The molecule has 0 aromatic carbocycles. The molecule has 0 spiro atoms. The van der Waals surface area contributed by atoms with Crippen molar-refractivity contribution < 1.29 is 23.9 Å². The topological polar surface area (TPSA) is 99.3 Å². The van der Waals surface area contributed by atoms with Crippen molar-refractivity contribution in [1.29, 1.82) is 0 Å². The van der Waals surface area contributed by atoms with Crippen LogP contribution in [0, 0.1) is 11.8 Å². The van der Waals surface area contributed by atoms with Gasteiger partial charge in [0.15, 0.2) is 0 Å². The molecular weight excluding hydrogens is 520 g/mol. The maximum Gasteiger partial charge on any atom is 0.329 e. The monoisotopic (exact) mass is 576 g/mol. The van der Waals surface area contributed by atoms with Crippen molar-refractivity contribution in [3.8, 4) is 0 Å². The molecule has 2 unspecified atom stereocenters. The molecular formula is C32H56N4O5. The lowest BCUT2D eigenvalue weighted by Crippen LogP contribution is -2.58. The first-order valence-electron chi connectivity index (χ1n) is 15.5. The van der Waals surface area contributed by atoms with Gasteiger partial charge in [-0.05, 0) is 85.6 Å². The summed E-state index contributed by atoms with van der Waals surface area (Å²) >= 11 is 0. The molecule has 2 heterocycles. The molecule has 3 amide bonds. The third-order valence-electron chi connectivity index (χ3n) is 8.17. The van der Waals surface area contributed by atoms with E-state index in [-0.39, 0.29) is 53.7 Å². The van der Waals surface area contributed by atoms with Gasteiger partial charge >= 0.3 is 5.97 Å².